The van der Waals surface area contributed by atoms with Gasteiger partial charge in [-0.1, -0.05) is 0 Å². The third-order valence-corrected chi connectivity index (χ3v) is 5.56. The zero-order valence-corrected chi connectivity index (χ0v) is 14.2. The molecule has 5 nitrogen and oxygen atoms in total. The maximum atomic E-state index is 13.6. The second-order valence-corrected chi connectivity index (χ2v) is 7.09. The van der Waals surface area contributed by atoms with E-state index >= 15 is 0 Å². The highest BCUT2D eigenvalue weighted by atomic mass is 19.1. The van der Waals surface area contributed by atoms with E-state index in [1.54, 1.807) is 18.3 Å². The fourth-order valence-electron chi connectivity index (χ4n) is 4.41. The lowest BCUT2D eigenvalue weighted by Crippen LogP contribution is -2.54. The van der Waals surface area contributed by atoms with Crippen LogP contribution in [0.3, 0.4) is 0 Å². The van der Waals surface area contributed by atoms with E-state index in [9.17, 15) is 9.18 Å². The van der Waals surface area contributed by atoms with Crippen molar-refractivity contribution in [2.45, 2.75) is 56.8 Å². The Kier molecular flexibility index (Phi) is 4.07. The molecule has 6 heteroatoms. The van der Waals surface area contributed by atoms with Crippen LogP contribution in [0.4, 0.5) is 4.39 Å². The average Bonchev–Trinajstić information content (AvgIpc) is 2.85. The molecule has 2 bridgehead atoms. The summed E-state index contributed by atoms with van der Waals surface area (Å²) in [6.45, 7) is 1.88. The fourth-order valence-corrected chi connectivity index (χ4v) is 4.41. The number of hydrogen-bond acceptors (Lipinski definition) is 4. The number of amides is 1. The normalized spacial score (nSPS) is 27.4. The molecule has 3 atom stereocenters. The molecule has 2 saturated heterocycles. The van der Waals surface area contributed by atoms with Crippen LogP contribution in [0, 0.1) is 5.82 Å². The predicted molar refractivity (Wildman–Crippen MR) is 92.7 cm³/mol. The number of nitrogens with zero attached hydrogens (tertiary/aromatic N) is 2. The number of halogens is 1. The van der Waals surface area contributed by atoms with Crippen LogP contribution < -0.4 is 10.5 Å². The summed E-state index contributed by atoms with van der Waals surface area (Å²) in [6, 6.07) is 6.72. The van der Waals surface area contributed by atoms with Gasteiger partial charge in [-0.15, -0.1) is 0 Å². The number of fused-ring (bicyclic) bond motifs is 3. The number of carbonyl (C=O) groups is 1. The molecule has 2 N–H and O–H groups in total. The third kappa shape index (κ3) is 2.95. The molecular weight excluding hydrogens is 321 g/mol. The first-order valence-electron chi connectivity index (χ1n) is 8.80. The van der Waals surface area contributed by atoms with Gasteiger partial charge < -0.3 is 10.5 Å². The van der Waals surface area contributed by atoms with E-state index < -0.39 is 0 Å². The minimum Gasteiger partial charge on any atom is -0.490 e. The van der Waals surface area contributed by atoms with Crippen molar-refractivity contribution in [2.75, 3.05) is 0 Å². The Labute approximate surface area is 146 Å². The van der Waals surface area contributed by atoms with Crippen molar-refractivity contribution in [1.82, 2.24) is 9.88 Å². The highest BCUT2D eigenvalue weighted by Crippen LogP contribution is 2.39. The van der Waals surface area contributed by atoms with Gasteiger partial charge in [0.25, 0.3) is 0 Å². The zero-order chi connectivity index (χ0) is 17.6. The van der Waals surface area contributed by atoms with Crippen molar-refractivity contribution in [3.05, 3.63) is 36.3 Å². The van der Waals surface area contributed by atoms with E-state index in [4.69, 9.17) is 10.5 Å². The first kappa shape index (κ1) is 16.3. The summed E-state index contributed by atoms with van der Waals surface area (Å²) in [5.74, 6) is 0.104. The van der Waals surface area contributed by atoms with Crippen molar-refractivity contribution in [3.8, 4) is 5.75 Å². The SMILES string of the molecule is CC(C(N)=O)N1C2CCC1CC(Oc1ccnc3ccc(F)cc13)C2. The van der Waals surface area contributed by atoms with Gasteiger partial charge in [-0.2, -0.15) is 0 Å². The van der Waals surface area contributed by atoms with Crippen molar-refractivity contribution in [3.63, 3.8) is 0 Å². The molecule has 3 heterocycles. The Morgan fingerprint density at radius 1 is 1.32 bits per heavy atom. The molecule has 0 saturated carbocycles. The Morgan fingerprint density at radius 3 is 2.72 bits per heavy atom. The number of ether oxygens (including phenoxy) is 1. The van der Waals surface area contributed by atoms with Gasteiger partial charge in [0.15, 0.2) is 0 Å². The van der Waals surface area contributed by atoms with Gasteiger partial charge in [0, 0.05) is 23.7 Å². The summed E-state index contributed by atoms with van der Waals surface area (Å²) < 4.78 is 19.9. The lowest BCUT2D eigenvalue weighted by Gasteiger charge is -2.41. The number of pyridine rings is 1. The van der Waals surface area contributed by atoms with E-state index in [-0.39, 0.29) is 23.9 Å². The summed E-state index contributed by atoms with van der Waals surface area (Å²) in [4.78, 5) is 18.1. The van der Waals surface area contributed by atoms with Crippen LogP contribution >= 0.6 is 0 Å². The molecule has 0 radical (unpaired) electrons. The van der Waals surface area contributed by atoms with Crippen LogP contribution in [0.1, 0.15) is 32.6 Å². The van der Waals surface area contributed by atoms with Crippen molar-refractivity contribution in [1.29, 1.82) is 0 Å². The molecule has 2 aromatic rings. The van der Waals surface area contributed by atoms with Gasteiger partial charge in [-0.3, -0.25) is 14.7 Å². The van der Waals surface area contributed by atoms with Gasteiger partial charge >= 0.3 is 0 Å². The minimum atomic E-state index is -0.296. The average molecular weight is 343 g/mol. The van der Waals surface area contributed by atoms with E-state index in [1.807, 2.05) is 6.92 Å². The number of primary amides is 1. The van der Waals surface area contributed by atoms with Crippen molar-refractivity contribution < 1.29 is 13.9 Å². The minimum absolute atomic E-state index is 0.0580. The van der Waals surface area contributed by atoms with E-state index in [0.717, 1.165) is 31.2 Å². The number of nitrogens with two attached hydrogens (primary N) is 1. The summed E-state index contributed by atoms with van der Waals surface area (Å²) >= 11 is 0. The van der Waals surface area contributed by atoms with Gasteiger partial charge in [0.05, 0.1) is 11.6 Å². The summed E-state index contributed by atoms with van der Waals surface area (Å²) in [5.41, 5.74) is 6.22. The number of piperidine rings is 1. The van der Waals surface area contributed by atoms with Gasteiger partial charge in [-0.25, -0.2) is 4.39 Å². The quantitative estimate of drug-likeness (QED) is 0.927. The van der Waals surface area contributed by atoms with Crippen LogP contribution in [-0.2, 0) is 4.79 Å². The Bertz CT molecular complexity index is 798. The van der Waals surface area contributed by atoms with E-state index in [2.05, 4.69) is 9.88 Å². The highest BCUT2D eigenvalue weighted by Gasteiger charge is 2.44. The van der Waals surface area contributed by atoms with Gasteiger partial charge in [0.2, 0.25) is 5.91 Å². The molecular formula is C19H22FN3O2. The standard InChI is InChI=1S/C19H22FN3O2/c1-11(19(21)24)23-13-3-4-14(23)10-15(9-13)25-18-6-7-22-17-5-2-12(20)8-16(17)18/h2,5-8,11,13-15H,3-4,9-10H2,1H3,(H2,21,24). The Hall–Kier alpha value is -2.21. The monoisotopic (exact) mass is 343 g/mol. The number of rotatable bonds is 4. The molecule has 3 unspecified atom stereocenters. The molecule has 2 fully saturated rings. The first-order valence-corrected chi connectivity index (χ1v) is 8.80. The van der Waals surface area contributed by atoms with Crippen molar-refractivity contribution in [2.24, 2.45) is 5.73 Å². The van der Waals surface area contributed by atoms with Crippen LogP contribution in [0.15, 0.2) is 30.5 Å². The van der Waals surface area contributed by atoms with Gasteiger partial charge in [0.1, 0.15) is 17.7 Å². The van der Waals surface area contributed by atoms with Crippen LogP contribution in [0.2, 0.25) is 0 Å². The largest absolute Gasteiger partial charge is 0.490 e. The zero-order valence-electron chi connectivity index (χ0n) is 14.2. The fraction of sp³-hybridized carbons (Fsp3) is 0.474. The lowest BCUT2D eigenvalue weighted by molar-refractivity contribution is -0.125. The molecule has 2 aliphatic rings. The maximum Gasteiger partial charge on any atom is 0.234 e. The number of aromatic nitrogens is 1. The lowest BCUT2D eigenvalue weighted by atomic mass is 9.97. The Morgan fingerprint density at radius 2 is 2.04 bits per heavy atom. The third-order valence-electron chi connectivity index (χ3n) is 5.56. The molecule has 2 aliphatic heterocycles. The molecule has 0 spiro atoms. The maximum absolute atomic E-state index is 13.6. The van der Waals surface area contributed by atoms with E-state index in [0.29, 0.717) is 23.2 Å². The first-order chi connectivity index (χ1) is 12.0. The smallest absolute Gasteiger partial charge is 0.234 e. The Balaban J connectivity index is 1.54. The molecule has 1 aromatic heterocycles. The van der Waals surface area contributed by atoms with E-state index in [1.165, 1.54) is 12.1 Å². The topological polar surface area (TPSA) is 68.5 Å². The number of benzene rings is 1. The highest BCUT2D eigenvalue weighted by molar-refractivity contribution is 5.84. The van der Waals surface area contributed by atoms with Crippen LogP contribution in [0.5, 0.6) is 5.75 Å². The summed E-state index contributed by atoms with van der Waals surface area (Å²) in [7, 11) is 0. The number of carbonyl (C=O) groups excluding carboxylic acids is 1. The molecule has 1 amide bonds. The second kappa shape index (κ2) is 6.26. The summed E-state index contributed by atoms with van der Waals surface area (Å²) in [5, 5.41) is 0.697. The van der Waals surface area contributed by atoms with Gasteiger partial charge in [-0.05, 0) is 56.9 Å². The van der Waals surface area contributed by atoms with Crippen LogP contribution in [-0.4, -0.2) is 40.0 Å². The molecule has 4 rings (SSSR count). The summed E-state index contributed by atoms with van der Waals surface area (Å²) in [6.07, 6.45) is 5.58. The second-order valence-electron chi connectivity index (χ2n) is 7.09. The molecule has 132 valence electrons. The van der Waals surface area contributed by atoms with Crippen LogP contribution in [0.25, 0.3) is 10.9 Å². The number of hydrogen-bond donors (Lipinski definition) is 1. The molecule has 1 aromatic carbocycles. The predicted octanol–water partition coefficient (Wildman–Crippen LogP) is 2.62. The van der Waals surface area contributed by atoms with Crippen molar-refractivity contribution >= 4 is 16.8 Å². The molecule has 0 aliphatic carbocycles. The molecule has 25 heavy (non-hydrogen) atoms.